The molecular formula is C27H27F5O. The van der Waals surface area contributed by atoms with Crippen LogP contribution < -0.4 is 4.74 Å². The lowest BCUT2D eigenvalue weighted by molar-refractivity contribution is 0.321. The molecule has 0 fully saturated rings. The topological polar surface area (TPSA) is 9.23 Å². The van der Waals surface area contributed by atoms with Gasteiger partial charge in [0.15, 0.2) is 11.6 Å². The van der Waals surface area contributed by atoms with Crippen molar-refractivity contribution in [2.45, 2.75) is 52.4 Å². The van der Waals surface area contributed by atoms with Gasteiger partial charge in [0.2, 0.25) is 0 Å². The van der Waals surface area contributed by atoms with Crippen LogP contribution in [0.25, 0.3) is 0 Å². The van der Waals surface area contributed by atoms with Crippen molar-refractivity contribution >= 4 is 0 Å². The summed E-state index contributed by atoms with van der Waals surface area (Å²) in [6.07, 6.45) is 1.74. The average Bonchev–Trinajstić information content (AvgIpc) is 2.75. The molecule has 0 aliphatic rings. The Morgan fingerprint density at radius 1 is 0.545 bits per heavy atom. The Hall–Kier alpha value is -2.89. The first-order chi connectivity index (χ1) is 15.8. The van der Waals surface area contributed by atoms with Gasteiger partial charge in [-0.05, 0) is 92.1 Å². The molecule has 0 unspecified atom stereocenters. The number of benzene rings is 3. The highest BCUT2D eigenvalue weighted by Gasteiger charge is 2.15. The van der Waals surface area contributed by atoms with Gasteiger partial charge in [-0.1, -0.05) is 19.4 Å². The fourth-order valence-corrected chi connectivity index (χ4v) is 3.88. The highest BCUT2D eigenvalue weighted by atomic mass is 19.1. The molecule has 0 heterocycles. The fraction of sp³-hybridized carbons (Fsp3) is 0.333. The molecule has 0 aliphatic carbocycles. The third-order valence-corrected chi connectivity index (χ3v) is 5.56. The fourth-order valence-electron chi connectivity index (χ4n) is 3.88. The van der Waals surface area contributed by atoms with Gasteiger partial charge in [0.1, 0.15) is 23.3 Å². The molecule has 0 saturated carbocycles. The van der Waals surface area contributed by atoms with Crippen LogP contribution in [0.15, 0.2) is 42.5 Å². The maximum atomic E-state index is 14.6. The predicted molar refractivity (Wildman–Crippen MR) is 119 cm³/mol. The van der Waals surface area contributed by atoms with Crippen LogP contribution in [0.3, 0.4) is 0 Å². The van der Waals surface area contributed by atoms with Gasteiger partial charge >= 0.3 is 0 Å². The van der Waals surface area contributed by atoms with Gasteiger partial charge in [-0.3, -0.25) is 0 Å². The van der Waals surface area contributed by atoms with Gasteiger partial charge < -0.3 is 4.74 Å². The maximum absolute atomic E-state index is 14.6. The third-order valence-electron chi connectivity index (χ3n) is 5.56. The molecule has 0 spiro atoms. The lowest BCUT2D eigenvalue weighted by Crippen LogP contribution is -2.04. The largest absolute Gasteiger partial charge is 0.491 e. The van der Waals surface area contributed by atoms with E-state index in [2.05, 4.69) is 0 Å². The molecule has 1 nitrogen and oxygen atoms in total. The minimum Gasteiger partial charge on any atom is -0.491 e. The maximum Gasteiger partial charge on any atom is 0.165 e. The number of ether oxygens (including phenoxy) is 1. The first-order valence-electron chi connectivity index (χ1n) is 11.2. The van der Waals surface area contributed by atoms with E-state index in [0.717, 1.165) is 6.42 Å². The molecule has 0 amide bonds. The normalized spacial score (nSPS) is 11.1. The molecule has 176 valence electrons. The zero-order chi connectivity index (χ0) is 24.0. The monoisotopic (exact) mass is 462 g/mol. The van der Waals surface area contributed by atoms with Gasteiger partial charge in [0.05, 0.1) is 6.61 Å². The molecule has 0 atom stereocenters. The van der Waals surface area contributed by atoms with Crippen molar-refractivity contribution in [2.24, 2.45) is 0 Å². The summed E-state index contributed by atoms with van der Waals surface area (Å²) in [4.78, 5) is 0. The van der Waals surface area contributed by atoms with Gasteiger partial charge in [0.25, 0.3) is 0 Å². The molecule has 3 aromatic rings. The van der Waals surface area contributed by atoms with E-state index in [-0.39, 0.29) is 42.6 Å². The van der Waals surface area contributed by atoms with E-state index >= 15 is 0 Å². The van der Waals surface area contributed by atoms with Gasteiger partial charge in [-0.2, -0.15) is 0 Å². The SMILES string of the molecule is CCCc1cc(F)c(CCc2cc(F)c(CCc3ccc(OCC)c(F)c3)c(F)c2)c(F)c1. The van der Waals surface area contributed by atoms with E-state index in [0.29, 0.717) is 29.7 Å². The second-order valence-electron chi connectivity index (χ2n) is 8.02. The third kappa shape index (κ3) is 6.34. The summed E-state index contributed by atoms with van der Waals surface area (Å²) in [5.41, 5.74) is 1.31. The van der Waals surface area contributed by atoms with E-state index in [9.17, 15) is 22.0 Å². The predicted octanol–water partition coefficient (Wildman–Crippen LogP) is 7.30. The molecule has 0 aromatic heterocycles. The number of aryl methyl sites for hydroxylation is 3. The Bertz CT molecular complexity index is 1060. The van der Waals surface area contributed by atoms with E-state index < -0.39 is 29.1 Å². The van der Waals surface area contributed by atoms with Crippen LogP contribution in [0.2, 0.25) is 0 Å². The van der Waals surface area contributed by atoms with Crippen molar-refractivity contribution in [3.05, 3.63) is 99.4 Å². The zero-order valence-electron chi connectivity index (χ0n) is 18.8. The first kappa shape index (κ1) is 24.7. The highest BCUT2D eigenvalue weighted by Crippen LogP contribution is 2.23. The number of hydrogen-bond donors (Lipinski definition) is 0. The van der Waals surface area contributed by atoms with Crippen molar-refractivity contribution < 1.29 is 26.7 Å². The van der Waals surface area contributed by atoms with E-state index in [1.165, 1.54) is 36.4 Å². The summed E-state index contributed by atoms with van der Waals surface area (Å²) in [5, 5.41) is 0. The molecule has 3 rings (SSSR count). The van der Waals surface area contributed by atoms with Crippen molar-refractivity contribution in [2.75, 3.05) is 6.61 Å². The average molecular weight is 463 g/mol. The number of halogens is 5. The van der Waals surface area contributed by atoms with Crippen molar-refractivity contribution in [3.63, 3.8) is 0 Å². The van der Waals surface area contributed by atoms with E-state index in [1.807, 2.05) is 6.92 Å². The van der Waals surface area contributed by atoms with Crippen LogP contribution in [0.5, 0.6) is 5.75 Å². The molecule has 0 bridgehead atoms. The lowest BCUT2D eigenvalue weighted by atomic mass is 9.97. The van der Waals surface area contributed by atoms with Crippen LogP contribution in [0.4, 0.5) is 22.0 Å². The lowest BCUT2D eigenvalue weighted by Gasteiger charge is -2.11. The van der Waals surface area contributed by atoms with Gasteiger partial charge in [-0.15, -0.1) is 0 Å². The Labute approximate surface area is 191 Å². The quantitative estimate of drug-likeness (QED) is 0.287. The molecule has 0 N–H and O–H groups in total. The number of hydrogen-bond acceptors (Lipinski definition) is 1. The van der Waals surface area contributed by atoms with Crippen LogP contribution in [0, 0.1) is 29.1 Å². The standard InChI is InChI=1S/C27H27F5O/c1-3-5-18-13-22(28)21(23(29)14-18)10-7-19-15-24(30)20(25(31)16-19)9-6-17-8-11-27(33-4-2)26(32)12-17/h8,11-16H,3-7,9-10H2,1-2H3. The van der Waals surface area contributed by atoms with Crippen LogP contribution >= 0.6 is 0 Å². The van der Waals surface area contributed by atoms with Crippen LogP contribution in [0.1, 0.15) is 48.1 Å². The highest BCUT2D eigenvalue weighted by molar-refractivity contribution is 5.32. The molecule has 0 saturated heterocycles. The summed E-state index contributed by atoms with van der Waals surface area (Å²) < 4.78 is 76.9. The van der Waals surface area contributed by atoms with Crippen LogP contribution in [-0.2, 0) is 32.1 Å². The Morgan fingerprint density at radius 2 is 1.00 bits per heavy atom. The van der Waals surface area contributed by atoms with Crippen LogP contribution in [-0.4, -0.2) is 6.61 Å². The molecule has 33 heavy (non-hydrogen) atoms. The Balaban J connectivity index is 1.67. The van der Waals surface area contributed by atoms with Gasteiger partial charge in [0, 0.05) is 11.1 Å². The van der Waals surface area contributed by atoms with E-state index in [4.69, 9.17) is 4.74 Å². The first-order valence-corrected chi connectivity index (χ1v) is 11.2. The van der Waals surface area contributed by atoms with E-state index in [1.54, 1.807) is 13.0 Å². The minimum absolute atomic E-state index is 0.00620. The van der Waals surface area contributed by atoms with Gasteiger partial charge in [-0.25, -0.2) is 22.0 Å². The molecule has 0 radical (unpaired) electrons. The summed E-state index contributed by atoms with van der Waals surface area (Å²) in [7, 11) is 0. The zero-order valence-corrected chi connectivity index (χ0v) is 18.8. The Morgan fingerprint density at radius 3 is 1.45 bits per heavy atom. The van der Waals surface area contributed by atoms with Crippen molar-refractivity contribution in [1.82, 2.24) is 0 Å². The Kier molecular flexibility index (Phi) is 8.48. The second kappa shape index (κ2) is 11.3. The second-order valence-corrected chi connectivity index (χ2v) is 8.02. The number of rotatable bonds is 10. The molecule has 6 heteroatoms. The minimum atomic E-state index is -0.726. The van der Waals surface area contributed by atoms with Crippen molar-refractivity contribution in [3.8, 4) is 5.75 Å². The molecular weight excluding hydrogens is 435 g/mol. The molecule has 3 aromatic carbocycles. The smallest absolute Gasteiger partial charge is 0.165 e. The summed E-state index contributed by atoms with van der Waals surface area (Å²) in [6, 6.07) is 9.47. The molecule has 0 aliphatic heterocycles. The van der Waals surface area contributed by atoms with Crippen molar-refractivity contribution in [1.29, 1.82) is 0 Å². The summed E-state index contributed by atoms with van der Waals surface area (Å²) in [6.45, 7) is 4.01. The summed E-state index contributed by atoms with van der Waals surface area (Å²) in [5.74, 6) is -3.12. The summed E-state index contributed by atoms with van der Waals surface area (Å²) >= 11 is 0.